The number of rotatable bonds is 6. The molecule has 1 aliphatic carbocycles. The highest BCUT2D eigenvalue weighted by molar-refractivity contribution is 9.10. The Hall–Kier alpha value is -0.670. The Morgan fingerprint density at radius 1 is 1.44 bits per heavy atom. The average Bonchev–Trinajstić information content (AvgIpc) is 3.08. The fraction of sp³-hybridized carbons (Fsp3) is 0.462. The molecule has 0 aliphatic heterocycles. The first kappa shape index (κ1) is 11.8. The highest BCUT2D eigenvalue weighted by Crippen LogP contribution is 2.32. The molecular weight excluding hydrogens is 268 g/mol. The van der Waals surface area contributed by atoms with E-state index in [9.17, 15) is 4.79 Å². The summed E-state index contributed by atoms with van der Waals surface area (Å²) in [5, 5.41) is 0. The molecule has 1 saturated carbocycles. The SMILES string of the molecule is O=C(COCCC1CC1)c1cccc(Br)c1. The maximum atomic E-state index is 11.7. The van der Waals surface area contributed by atoms with Crippen molar-refractivity contribution in [2.75, 3.05) is 13.2 Å². The van der Waals surface area contributed by atoms with Gasteiger partial charge < -0.3 is 4.74 Å². The number of Topliss-reactive ketones (excluding diaryl/α,β-unsaturated/α-hetero) is 1. The van der Waals surface area contributed by atoms with Crippen LogP contribution in [-0.2, 0) is 4.74 Å². The summed E-state index contributed by atoms with van der Waals surface area (Å²) in [5.74, 6) is 0.915. The Labute approximate surface area is 104 Å². The van der Waals surface area contributed by atoms with Crippen LogP contribution in [0.4, 0.5) is 0 Å². The molecule has 86 valence electrons. The van der Waals surface area contributed by atoms with Crippen molar-refractivity contribution in [3.8, 4) is 0 Å². The number of halogens is 1. The largest absolute Gasteiger partial charge is 0.373 e. The molecule has 0 saturated heterocycles. The first-order valence-electron chi connectivity index (χ1n) is 5.62. The van der Waals surface area contributed by atoms with E-state index >= 15 is 0 Å². The van der Waals surface area contributed by atoms with Crippen LogP contribution < -0.4 is 0 Å². The second kappa shape index (κ2) is 5.60. The molecule has 2 rings (SSSR count). The Kier molecular flexibility index (Phi) is 4.13. The highest BCUT2D eigenvalue weighted by Gasteiger charge is 2.20. The average molecular weight is 283 g/mol. The summed E-state index contributed by atoms with van der Waals surface area (Å²) in [4.78, 5) is 11.7. The lowest BCUT2D eigenvalue weighted by atomic mass is 10.1. The van der Waals surface area contributed by atoms with Crippen molar-refractivity contribution in [1.29, 1.82) is 0 Å². The summed E-state index contributed by atoms with van der Waals surface area (Å²) in [6.07, 6.45) is 3.78. The third kappa shape index (κ3) is 3.72. The van der Waals surface area contributed by atoms with Crippen molar-refractivity contribution in [1.82, 2.24) is 0 Å². The van der Waals surface area contributed by atoms with Crippen LogP contribution in [-0.4, -0.2) is 19.0 Å². The molecule has 0 atom stereocenters. The smallest absolute Gasteiger partial charge is 0.188 e. The number of benzene rings is 1. The van der Waals surface area contributed by atoms with Crippen LogP contribution in [0.15, 0.2) is 28.7 Å². The summed E-state index contributed by atoms with van der Waals surface area (Å²) in [5.41, 5.74) is 0.709. The molecule has 0 bridgehead atoms. The summed E-state index contributed by atoms with van der Waals surface area (Å²) in [6.45, 7) is 0.910. The molecule has 1 aromatic rings. The second-order valence-corrected chi connectivity index (χ2v) is 5.13. The number of ketones is 1. The monoisotopic (exact) mass is 282 g/mol. The van der Waals surface area contributed by atoms with E-state index in [2.05, 4.69) is 15.9 Å². The molecule has 1 aliphatic rings. The van der Waals surface area contributed by atoms with Gasteiger partial charge in [0.05, 0.1) is 0 Å². The Morgan fingerprint density at radius 3 is 2.94 bits per heavy atom. The maximum Gasteiger partial charge on any atom is 0.188 e. The van der Waals surface area contributed by atoms with Crippen molar-refractivity contribution in [3.63, 3.8) is 0 Å². The van der Waals surface area contributed by atoms with Crippen LogP contribution in [0.2, 0.25) is 0 Å². The van der Waals surface area contributed by atoms with E-state index in [4.69, 9.17) is 4.74 Å². The van der Waals surface area contributed by atoms with Crippen molar-refractivity contribution in [2.24, 2.45) is 5.92 Å². The lowest BCUT2D eigenvalue weighted by Crippen LogP contribution is -2.10. The summed E-state index contributed by atoms with van der Waals surface area (Å²) >= 11 is 3.35. The summed E-state index contributed by atoms with van der Waals surface area (Å²) in [6, 6.07) is 7.41. The Morgan fingerprint density at radius 2 is 2.25 bits per heavy atom. The van der Waals surface area contributed by atoms with Crippen LogP contribution in [0.3, 0.4) is 0 Å². The van der Waals surface area contributed by atoms with Crippen molar-refractivity contribution in [3.05, 3.63) is 34.3 Å². The highest BCUT2D eigenvalue weighted by atomic mass is 79.9. The van der Waals surface area contributed by atoms with E-state index in [1.807, 2.05) is 24.3 Å². The number of hydrogen-bond acceptors (Lipinski definition) is 2. The molecule has 0 heterocycles. The fourth-order valence-corrected chi connectivity index (χ4v) is 1.97. The topological polar surface area (TPSA) is 26.3 Å². The molecular formula is C13H15BrO2. The van der Waals surface area contributed by atoms with E-state index < -0.39 is 0 Å². The molecule has 0 radical (unpaired) electrons. The molecule has 1 fully saturated rings. The molecule has 2 nitrogen and oxygen atoms in total. The summed E-state index contributed by atoms with van der Waals surface area (Å²) in [7, 11) is 0. The Bertz CT molecular complexity index is 372. The normalized spacial score (nSPS) is 15.1. The maximum absolute atomic E-state index is 11.7. The number of hydrogen-bond donors (Lipinski definition) is 0. The van der Waals surface area contributed by atoms with E-state index in [1.165, 1.54) is 12.8 Å². The number of carbonyl (C=O) groups is 1. The first-order valence-corrected chi connectivity index (χ1v) is 6.41. The van der Waals surface area contributed by atoms with Crippen molar-refractivity contribution < 1.29 is 9.53 Å². The van der Waals surface area contributed by atoms with Crippen LogP contribution in [0, 0.1) is 5.92 Å². The molecule has 0 amide bonds. The predicted molar refractivity (Wildman–Crippen MR) is 66.6 cm³/mol. The van der Waals surface area contributed by atoms with Crippen LogP contribution in [0.25, 0.3) is 0 Å². The van der Waals surface area contributed by atoms with E-state index in [-0.39, 0.29) is 12.4 Å². The Balaban J connectivity index is 1.73. The van der Waals surface area contributed by atoms with Gasteiger partial charge in [-0.15, -0.1) is 0 Å². The van der Waals surface area contributed by atoms with Gasteiger partial charge in [0, 0.05) is 16.6 Å². The van der Waals surface area contributed by atoms with Crippen LogP contribution in [0.5, 0.6) is 0 Å². The van der Waals surface area contributed by atoms with Gasteiger partial charge in [-0.2, -0.15) is 0 Å². The number of ether oxygens (including phenoxy) is 1. The third-order valence-corrected chi connectivity index (χ3v) is 3.24. The van der Waals surface area contributed by atoms with Gasteiger partial charge in [0.1, 0.15) is 6.61 Å². The van der Waals surface area contributed by atoms with Gasteiger partial charge in [0.15, 0.2) is 5.78 Å². The minimum atomic E-state index is 0.0529. The van der Waals surface area contributed by atoms with Gasteiger partial charge in [0.25, 0.3) is 0 Å². The lowest BCUT2D eigenvalue weighted by Gasteiger charge is -2.03. The summed E-state index contributed by atoms with van der Waals surface area (Å²) < 4.78 is 6.30. The van der Waals surface area contributed by atoms with Crippen LogP contribution >= 0.6 is 15.9 Å². The molecule has 3 heteroatoms. The first-order chi connectivity index (χ1) is 7.75. The molecule has 0 spiro atoms. The van der Waals surface area contributed by atoms with Crippen LogP contribution in [0.1, 0.15) is 29.6 Å². The molecule has 0 unspecified atom stereocenters. The molecule has 0 aromatic heterocycles. The van der Waals surface area contributed by atoms with E-state index in [0.29, 0.717) is 12.2 Å². The van der Waals surface area contributed by atoms with Gasteiger partial charge >= 0.3 is 0 Å². The predicted octanol–water partition coefficient (Wildman–Crippen LogP) is 3.45. The van der Waals surface area contributed by atoms with Crippen molar-refractivity contribution in [2.45, 2.75) is 19.3 Å². The quantitative estimate of drug-likeness (QED) is 0.590. The van der Waals surface area contributed by atoms with Gasteiger partial charge in [-0.25, -0.2) is 0 Å². The van der Waals surface area contributed by atoms with Gasteiger partial charge in [0.2, 0.25) is 0 Å². The number of carbonyl (C=O) groups excluding carboxylic acids is 1. The van der Waals surface area contributed by atoms with E-state index in [0.717, 1.165) is 16.8 Å². The standard InChI is InChI=1S/C13H15BrO2/c14-12-3-1-2-11(8-12)13(15)9-16-7-6-10-4-5-10/h1-3,8,10H,4-7,9H2. The second-order valence-electron chi connectivity index (χ2n) is 4.22. The zero-order valence-corrected chi connectivity index (χ0v) is 10.7. The zero-order valence-electron chi connectivity index (χ0n) is 9.12. The lowest BCUT2D eigenvalue weighted by molar-refractivity contribution is 0.0748. The van der Waals surface area contributed by atoms with Gasteiger partial charge in [-0.3, -0.25) is 4.79 Å². The molecule has 16 heavy (non-hydrogen) atoms. The van der Waals surface area contributed by atoms with Gasteiger partial charge in [-0.05, 0) is 24.5 Å². The minimum absolute atomic E-state index is 0.0529. The molecule has 1 aromatic carbocycles. The minimum Gasteiger partial charge on any atom is -0.373 e. The van der Waals surface area contributed by atoms with E-state index in [1.54, 1.807) is 0 Å². The molecule has 0 N–H and O–H groups in total. The van der Waals surface area contributed by atoms with Crippen molar-refractivity contribution >= 4 is 21.7 Å². The zero-order chi connectivity index (χ0) is 11.4. The third-order valence-electron chi connectivity index (χ3n) is 2.75. The fourth-order valence-electron chi connectivity index (χ4n) is 1.57. The van der Waals surface area contributed by atoms with Gasteiger partial charge in [-0.1, -0.05) is 40.9 Å².